The molecule has 1 aliphatic rings. The van der Waals surface area contributed by atoms with Gasteiger partial charge in [-0.1, -0.05) is 0 Å². The van der Waals surface area contributed by atoms with E-state index in [0.717, 1.165) is 24.3 Å². The Morgan fingerprint density at radius 1 is 1.00 bits per heavy atom. The number of amides is 2. The van der Waals surface area contributed by atoms with Gasteiger partial charge in [-0.3, -0.25) is 19.7 Å². The SMILES string of the molecule is O=C(Nc1ccc([N+](=O)[O-])cc1)C1CCN(C(=O)c2ccc(C(F)(F)F)cc2)CC1. The molecule has 10 heteroatoms. The van der Waals surface area contributed by atoms with Crippen LogP contribution in [0, 0.1) is 16.0 Å². The molecule has 1 fully saturated rings. The van der Waals surface area contributed by atoms with Gasteiger partial charge in [0, 0.05) is 42.4 Å². The number of non-ortho nitro benzene ring substituents is 1. The summed E-state index contributed by atoms with van der Waals surface area (Å²) in [5.41, 5.74) is -0.297. The molecule has 1 N–H and O–H groups in total. The first kappa shape index (κ1) is 21.3. The van der Waals surface area contributed by atoms with Crippen LogP contribution in [0.4, 0.5) is 24.5 Å². The number of hydrogen-bond donors (Lipinski definition) is 1. The smallest absolute Gasteiger partial charge is 0.339 e. The number of nitrogens with one attached hydrogen (secondary N) is 1. The van der Waals surface area contributed by atoms with Gasteiger partial charge in [-0.2, -0.15) is 13.2 Å². The molecule has 0 saturated carbocycles. The summed E-state index contributed by atoms with van der Waals surface area (Å²) in [5.74, 6) is -0.958. The number of hydrogen-bond acceptors (Lipinski definition) is 4. The van der Waals surface area contributed by atoms with Crippen LogP contribution < -0.4 is 5.32 Å². The zero-order chi connectivity index (χ0) is 21.9. The molecule has 0 aromatic heterocycles. The predicted octanol–water partition coefficient (Wildman–Crippen LogP) is 4.10. The molecule has 2 aromatic rings. The minimum absolute atomic E-state index is 0.0805. The fourth-order valence-electron chi connectivity index (χ4n) is 3.24. The summed E-state index contributed by atoms with van der Waals surface area (Å²) in [6.07, 6.45) is -3.65. The van der Waals surface area contributed by atoms with Crippen LogP contribution in [0.2, 0.25) is 0 Å². The highest BCUT2D eigenvalue weighted by molar-refractivity contribution is 5.95. The molecule has 1 saturated heterocycles. The fraction of sp³-hybridized carbons (Fsp3) is 0.300. The van der Waals surface area contributed by atoms with Crippen molar-refractivity contribution < 1.29 is 27.7 Å². The number of anilines is 1. The molecule has 0 aliphatic carbocycles. The largest absolute Gasteiger partial charge is 0.416 e. The van der Waals surface area contributed by atoms with E-state index in [9.17, 15) is 32.9 Å². The number of nitro groups is 1. The lowest BCUT2D eigenvalue weighted by atomic mass is 9.95. The predicted molar refractivity (Wildman–Crippen MR) is 102 cm³/mol. The highest BCUT2D eigenvalue weighted by Gasteiger charge is 2.31. The van der Waals surface area contributed by atoms with Crippen LogP contribution in [0.15, 0.2) is 48.5 Å². The Hall–Kier alpha value is -3.43. The van der Waals surface area contributed by atoms with Crippen molar-refractivity contribution in [2.45, 2.75) is 19.0 Å². The number of halogens is 3. The number of carbonyl (C=O) groups excluding carboxylic acids is 2. The van der Waals surface area contributed by atoms with E-state index < -0.39 is 16.7 Å². The van der Waals surface area contributed by atoms with E-state index in [1.165, 1.54) is 29.2 Å². The summed E-state index contributed by atoms with van der Waals surface area (Å²) >= 11 is 0. The topological polar surface area (TPSA) is 92.5 Å². The Bertz CT molecular complexity index is 935. The molecule has 3 rings (SSSR count). The van der Waals surface area contributed by atoms with Gasteiger partial charge in [0.15, 0.2) is 0 Å². The third kappa shape index (κ3) is 4.94. The Labute approximate surface area is 169 Å². The van der Waals surface area contributed by atoms with Gasteiger partial charge in [0.05, 0.1) is 10.5 Å². The second-order valence-electron chi connectivity index (χ2n) is 6.93. The number of carbonyl (C=O) groups is 2. The fourth-order valence-corrected chi connectivity index (χ4v) is 3.24. The van der Waals surface area contributed by atoms with Crippen LogP contribution in [0.5, 0.6) is 0 Å². The lowest BCUT2D eigenvalue weighted by Crippen LogP contribution is -2.41. The molecule has 30 heavy (non-hydrogen) atoms. The van der Waals surface area contributed by atoms with Crippen LogP contribution in [0.25, 0.3) is 0 Å². The Morgan fingerprint density at radius 2 is 1.57 bits per heavy atom. The third-order valence-electron chi connectivity index (χ3n) is 4.96. The molecule has 0 spiro atoms. The van der Waals surface area contributed by atoms with Crippen molar-refractivity contribution in [1.29, 1.82) is 0 Å². The zero-order valence-electron chi connectivity index (χ0n) is 15.7. The number of piperidine rings is 1. The second kappa shape index (κ2) is 8.52. The molecule has 2 aromatic carbocycles. The highest BCUT2D eigenvalue weighted by atomic mass is 19.4. The normalized spacial score (nSPS) is 15.0. The van der Waals surface area contributed by atoms with Gasteiger partial charge in [-0.05, 0) is 49.2 Å². The lowest BCUT2D eigenvalue weighted by Gasteiger charge is -2.31. The van der Waals surface area contributed by atoms with Gasteiger partial charge in [-0.15, -0.1) is 0 Å². The van der Waals surface area contributed by atoms with Gasteiger partial charge in [0.1, 0.15) is 0 Å². The molecule has 7 nitrogen and oxygen atoms in total. The Morgan fingerprint density at radius 3 is 2.07 bits per heavy atom. The average Bonchev–Trinajstić information content (AvgIpc) is 2.73. The van der Waals surface area contributed by atoms with Crippen LogP contribution >= 0.6 is 0 Å². The van der Waals surface area contributed by atoms with Crippen molar-refractivity contribution in [3.05, 3.63) is 69.8 Å². The zero-order valence-corrected chi connectivity index (χ0v) is 15.7. The van der Waals surface area contributed by atoms with Gasteiger partial charge >= 0.3 is 6.18 Å². The number of rotatable bonds is 4. The number of nitrogens with zero attached hydrogens (tertiary/aromatic N) is 2. The minimum Gasteiger partial charge on any atom is -0.339 e. The van der Waals surface area contributed by atoms with E-state index in [1.807, 2.05) is 0 Å². The van der Waals surface area contributed by atoms with Crippen molar-refractivity contribution in [2.75, 3.05) is 18.4 Å². The maximum absolute atomic E-state index is 12.6. The first-order valence-corrected chi connectivity index (χ1v) is 9.17. The molecule has 158 valence electrons. The van der Waals surface area contributed by atoms with E-state index in [1.54, 1.807) is 0 Å². The van der Waals surface area contributed by atoms with Crippen molar-refractivity contribution in [3.8, 4) is 0 Å². The molecular formula is C20H18F3N3O4. The van der Waals surface area contributed by atoms with Gasteiger partial charge < -0.3 is 10.2 Å². The maximum Gasteiger partial charge on any atom is 0.416 e. The highest BCUT2D eigenvalue weighted by Crippen LogP contribution is 2.29. The van der Waals surface area contributed by atoms with Crippen molar-refractivity contribution in [1.82, 2.24) is 4.90 Å². The van der Waals surface area contributed by atoms with Crippen LogP contribution in [0.1, 0.15) is 28.8 Å². The van der Waals surface area contributed by atoms with Gasteiger partial charge in [0.25, 0.3) is 11.6 Å². The van der Waals surface area contributed by atoms with E-state index in [-0.39, 0.29) is 29.0 Å². The second-order valence-corrected chi connectivity index (χ2v) is 6.93. The monoisotopic (exact) mass is 421 g/mol. The van der Waals surface area contributed by atoms with Crippen molar-refractivity contribution >= 4 is 23.2 Å². The number of alkyl halides is 3. The number of likely N-dealkylation sites (tertiary alicyclic amines) is 1. The lowest BCUT2D eigenvalue weighted by molar-refractivity contribution is -0.384. The third-order valence-corrected chi connectivity index (χ3v) is 4.96. The van der Waals surface area contributed by atoms with Crippen LogP contribution in [-0.4, -0.2) is 34.7 Å². The Kier molecular flexibility index (Phi) is 6.04. The quantitative estimate of drug-likeness (QED) is 0.594. The van der Waals surface area contributed by atoms with E-state index >= 15 is 0 Å². The number of nitro benzene ring substituents is 1. The van der Waals surface area contributed by atoms with Gasteiger partial charge in [-0.25, -0.2) is 0 Å². The minimum atomic E-state index is -4.46. The van der Waals surface area contributed by atoms with Crippen LogP contribution in [-0.2, 0) is 11.0 Å². The van der Waals surface area contributed by atoms with Crippen molar-refractivity contribution in [3.63, 3.8) is 0 Å². The molecule has 0 atom stereocenters. The van der Waals surface area contributed by atoms with E-state index in [0.29, 0.717) is 31.6 Å². The summed E-state index contributed by atoms with van der Waals surface area (Å²) in [5, 5.41) is 13.4. The summed E-state index contributed by atoms with van der Waals surface area (Å²) in [7, 11) is 0. The van der Waals surface area contributed by atoms with E-state index in [2.05, 4.69) is 5.32 Å². The van der Waals surface area contributed by atoms with E-state index in [4.69, 9.17) is 0 Å². The summed E-state index contributed by atoms with van der Waals surface area (Å²) < 4.78 is 37.9. The Balaban J connectivity index is 1.54. The average molecular weight is 421 g/mol. The molecule has 0 unspecified atom stereocenters. The number of benzene rings is 2. The first-order chi connectivity index (χ1) is 14.1. The molecule has 0 bridgehead atoms. The summed E-state index contributed by atoms with van der Waals surface area (Å²) in [4.78, 5) is 36.6. The molecule has 2 amide bonds. The molecule has 1 aliphatic heterocycles. The summed E-state index contributed by atoms with van der Waals surface area (Å²) in [6.45, 7) is 0.608. The molecular weight excluding hydrogens is 403 g/mol. The van der Waals surface area contributed by atoms with Gasteiger partial charge in [0.2, 0.25) is 5.91 Å². The first-order valence-electron chi connectivity index (χ1n) is 9.17. The standard InChI is InChI=1S/C20H18F3N3O4/c21-20(22,23)15-3-1-14(2-4-15)19(28)25-11-9-13(10-12-25)18(27)24-16-5-7-17(8-6-16)26(29)30/h1-8,13H,9-12H2,(H,24,27). The maximum atomic E-state index is 12.6. The van der Waals surface area contributed by atoms with Crippen LogP contribution in [0.3, 0.4) is 0 Å². The van der Waals surface area contributed by atoms with Crippen molar-refractivity contribution in [2.24, 2.45) is 5.92 Å². The summed E-state index contributed by atoms with van der Waals surface area (Å²) in [6, 6.07) is 9.52. The molecule has 0 radical (unpaired) electrons. The molecule has 1 heterocycles.